The van der Waals surface area contributed by atoms with Gasteiger partial charge in [-0.3, -0.25) is 4.40 Å². The zero-order chi connectivity index (χ0) is 17.5. The summed E-state index contributed by atoms with van der Waals surface area (Å²) in [6.07, 6.45) is 0. The van der Waals surface area contributed by atoms with E-state index < -0.39 is 0 Å². The van der Waals surface area contributed by atoms with Gasteiger partial charge in [0.1, 0.15) is 0 Å². The molecule has 0 spiro atoms. The van der Waals surface area contributed by atoms with E-state index in [4.69, 9.17) is 4.42 Å². The van der Waals surface area contributed by atoms with Gasteiger partial charge in [0, 0.05) is 5.56 Å². The van der Waals surface area contributed by atoms with Gasteiger partial charge < -0.3 is 4.42 Å². The highest BCUT2D eigenvalue weighted by Gasteiger charge is 2.20. The molecular formula is C18H14N6OS. The molecule has 0 radical (unpaired) electrons. The van der Waals surface area contributed by atoms with Gasteiger partial charge in [0.25, 0.3) is 0 Å². The molecule has 0 bridgehead atoms. The van der Waals surface area contributed by atoms with E-state index in [1.807, 2.05) is 65.9 Å². The van der Waals surface area contributed by atoms with Gasteiger partial charge in [0.15, 0.2) is 5.16 Å². The Morgan fingerprint density at radius 2 is 1.85 bits per heavy atom. The topological polar surface area (TPSA) is 84.9 Å². The molecule has 0 fully saturated rings. The number of para-hydroxylation sites is 2. The predicted molar refractivity (Wildman–Crippen MR) is 98.8 cm³/mol. The molecule has 7 nitrogen and oxygen atoms in total. The van der Waals surface area contributed by atoms with Gasteiger partial charge in [-0.1, -0.05) is 42.1 Å². The van der Waals surface area contributed by atoms with Crippen LogP contribution in [0.4, 0.5) is 0 Å². The number of imidazole rings is 1. The van der Waals surface area contributed by atoms with Gasteiger partial charge in [-0.25, -0.2) is 10.1 Å². The van der Waals surface area contributed by atoms with Crippen molar-refractivity contribution in [1.29, 1.82) is 0 Å². The van der Waals surface area contributed by atoms with Crippen molar-refractivity contribution < 1.29 is 4.42 Å². The predicted octanol–water partition coefficient (Wildman–Crippen LogP) is 4.11. The maximum Gasteiger partial charge on any atom is 0.247 e. The third-order valence-corrected chi connectivity index (χ3v) is 5.13. The fraction of sp³-hybridized carbons (Fsp3) is 0.111. The van der Waals surface area contributed by atoms with Crippen LogP contribution in [0.1, 0.15) is 18.1 Å². The normalized spacial score (nSPS) is 12.8. The first-order valence-electron chi connectivity index (χ1n) is 8.16. The zero-order valence-electron chi connectivity index (χ0n) is 13.8. The molecule has 26 heavy (non-hydrogen) atoms. The van der Waals surface area contributed by atoms with Gasteiger partial charge in [-0.2, -0.15) is 0 Å². The molecule has 1 unspecified atom stereocenters. The SMILES string of the molecule is CC(Sc1n[nH]c2nc3ccccc3n12)c1nnc(-c2ccccc2)o1. The smallest absolute Gasteiger partial charge is 0.247 e. The summed E-state index contributed by atoms with van der Waals surface area (Å²) in [4.78, 5) is 4.54. The standard InChI is InChI=1S/C18H14N6OS/c1-11(15-20-21-16(25-15)12-7-3-2-4-8-12)26-18-23-22-17-19-13-9-5-6-10-14(13)24(17)18/h2-11H,1H3,(H,19,22). The molecule has 1 atom stereocenters. The lowest BCUT2D eigenvalue weighted by atomic mass is 10.2. The summed E-state index contributed by atoms with van der Waals surface area (Å²) in [6.45, 7) is 2.02. The minimum Gasteiger partial charge on any atom is -0.419 e. The van der Waals surface area contributed by atoms with Crippen molar-refractivity contribution in [3.63, 3.8) is 0 Å². The van der Waals surface area contributed by atoms with E-state index in [9.17, 15) is 0 Å². The Morgan fingerprint density at radius 3 is 2.73 bits per heavy atom. The van der Waals surface area contributed by atoms with Crippen molar-refractivity contribution in [2.45, 2.75) is 17.3 Å². The highest BCUT2D eigenvalue weighted by Crippen LogP contribution is 2.35. The molecule has 5 rings (SSSR count). The summed E-state index contributed by atoms with van der Waals surface area (Å²) in [7, 11) is 0. The van der Waals surface area contributed by atoms with Crippen LogP contribution in [0.2, 0.25) is 0 Å². The van der Waals surface area contributed by atoms with E-state index in [0.29, 0.717) is 11.8 Å². The average molecular weight is 362 g/mol. The first-order valence-corrected chi connectivity index (χ1v) is 9.04. The fourth-order valence-electron chi connectivity index (χ4n) is 2.83. The van der Waals surface area contributed by atoms with Gasteiger partial charge >= 0.3 is 0 Å². The van der Waals surface area contributed by atoms with Crippen molar-refractivity contribution in [1.82, 2.24) is 29.8 Å². The summed E-state index contributed by atoms with van der Waals surface area (Å²) in [5.74, 6) is 1.80. The minimum atomic E-state index is -0.0485. The Balaban J connectivity index is 1.46. The Kier molecular flexibility index (Phi) is 3.49. The summed E-state index contributed by atoms with van der Waals surface area (Å²) in [5.41, 5.74) is 2.85. The second-order valence-corrected chi connectivity index (χ2v) is 7.15. The largest absolute Gasteiger partial charge is 0.419 e. The number of hydrogen-bond donors (Lipinski definition) is 1. The third-order valence-electron chi connectivity index (χ3n) is 4.09. The number of rotatable bonds is 4. The molecule has 3 heterocycles. The van der Waals surface area contributed by atoms with Crippen LogP contribution in [0.3, 0.4) is 0 Å². The molecule has 0 amide bonds. The molecule has 0 saturated heterocycles. The van der Waals surface area contributed by atoms with Crippen LogP contribution in [0.15, 0.2) is 64.2 Å². The van der Waals surface area contributed by atoms with Gasteiger partial charge in [0.05, 0.1) is 16.3 Å². The number of thioether (sulfide) groups is 1. The van der Waals surface area contributed by atoms with Crippen molar-refractivity contribution in [3.05, 3.63) is 60.5 Å². The molecule has 0 saturated carbocycles. The van der Waals surface area contributed by atoms with E-state index in [1.165, 1.54) is 0 Å². The highest BCUT2D eigenvalue weighted by molar-refractivity contribution is 7.99. The summed E-state index contributed by atoms with van der Waals surface area (Å²) < 4.78 is 7.86. The first kappa shape index (κ1) is 15.2. The zero-order valence-corrected chi connectivity index (χ0v) is 14.6. The van der Waals surface area contributed by atoms with Crippen LogP contribution >= 0.6 is 11.8 Å². The van der Waals surface area contributed by atoms with E-state index >= 15 is 0 Å². The lowest BCUT2D eigenvalue weighted by Crippen LogP contribution is -1.92. The summed E-state index contributed by atoms with van der Waals surface area (Å²) >= 11 is 1.55. The highest BCUT2D eigenvalue weighted by atomic mass is 32.2. The summed E-state index contributed by atoms with van der Waals surface area (Å²) in [5, 5.41) is 16.5. The Bertz CT molecular complexity index is 1190. The Hall–Kier alpha value is -3.13. The van der Waals surface area contributed by atoms with Crippen molar-refractivity contribution in [2.24, 2.45) is 0 Å². The average Bonchev–Trinajstić information content (AvgIpc) is 3.38. The van der Waals surface area contributed by atoms with Gasteiger partial charge in [-0.05, 0) is 31.2 Å². The van der Waals surface area contributed by atoms with Crippen LogP contribution < -0.4 is 0 Å². The van der Waals surface area contributed by atoms with Crippen molar-refractivity contribution in [2.75, 3.05) is 0 Å². The Labute approximate surface area is 152 Å². The van der Waals surface area contributed by atoms with E-state index in [-0.39, 0.29) is 5.25 Å². The number of aromatic nitrogens is 6. The van der Waals surface area contributed by atoms with Gasteiger partial charge in [0.2, 0.25) is 17.6 Å². The van der Waals surface area contributed by atoms with Crippen LogP contribution in [0, 0.1) is 0 Å². The number of nitrogens with one attached hydrogen (secondary N) is 1. The number of hydrogen-bond acceptors (Lipinski definition) is 6. The number of nitrogens with zero attached hydrogens (tertiary/aromatic N) is 5. The number of fused-ring (bicyclic) bond motifs is 3. The quantitative estimate of drug-likeness (QED) is 0.484. The maximum absolute atomic E-state index is 5.86. The van der Waals surface area contributed by atoms with Crippen LogP contribution in [0.25, 0.3) is 28.3 Å². The molecule has 8 heteroatoms. The lowest BCUT2D eigenvalue weighted by molar-refractivity contribution is 0.509. The second-order valence-electron chi connectivity index (χ2n) is 5.84. The molecule has 3 aromatic heterocycles. The second kappa shape index (κ2) is 5.99. The maximum atomic E-state index is 5.86. The van der Waals surface area contributed by atoms with Gasteiger partial charge in [-0.15, -0.1) is 15.3 Å². The van der Waals surface area contributed by atoms with Crippen molar-refractivity contribution in [3.8, 4) is 11.5 Å². The molecule has 0 aliphatic rings. The lowest BCUT2D eigenvalue weighted by Gasteiger charge is -2.04. The summed E-state index contributed by atoms with van der Waals surface area (Å²) in [6, 6.07) is 17.7. The van der Waals surface area contributed by atoms with E-state index in [1.54, 1.807) is 11.8 Å². The molecular weight excluding hydrogens is 348 g/mol. The molecule has 2 aromatic carbocycles. The molecule has 5 aromatic rings. The van der Waals surface area contributed by atoms with Crippen molar-refractivity contribution >= 4 is 28.6 Å². The third kappa shape index (κ3) is 2.46. The number of H-pyrrole nitrogens is 1. The Morgan fingerprint density at radius 1 is 1.04 bits per heavy atom. The number of aromatic amines is 1. The minimum absolute atomic E-state index is 0.0485. The molecule has 1 N–H and O–H groups in total. The molecule has 128 valence electrons. The van der Waals surface area contributed by atoms with E-state index in [2.05, 4.69) is 25.4 Å². The van der Waals surface area contributed by atoms with Crippen LogP contribution in [-0.4, -0.2) is 29.8 Å². The van der Waals surface area contributed by atoms with Crippen LogP contribution in [-0.2, 0) is 0 Å². The first-order chi connectivity index (χ1) is 12.8. The monoisotopic (exact) mass is 362 g/mol. The molecule has 0 aliphatic heterocycles. The van der Waals surface area contributed by atoms with E-state index in [0.717, 1.165) is 27.5 Å². The fourth-order valence-corrected chi connectivity index (χ4v) is 3.73. The molecule has 0 aliphatic carbocycles. The number of benzene rings is 2. The van der Waals surface area contributed by atoms with Crippen LogP contribution in [0.5, 0.6) is 0 Å².